The minimum Gasteiger partial charge on any atom is -0.421 e. The molecule has 0 heterocycles. The van der Waals surface area contributed by atoms with Gasteiger partial charge in [-0.05, 0) is 6.92 Å². The maximum atomic E-state index is 10.3. The first-order chi connectivity index (χ1) is 5.93. The largest absolute Gasteiger partial charge is 0.499 e. The third-order valence-corrected chi connectivity index (χ3v) is 3.65. The van der Waals surface area contributed by atoms with Crippen LogP contribution in [0.5, 0.6) is 0 Å². The van der Waals surface area contributed by atoms with Crippen molar-refractivity contribution in [1.82, 2.24) is 0 Å². The topological polar surface area (TPSA) is 80.0 Å². The van der Waals surface area contributed by atoms with Gasteiger partial charge in [0.1, 0.15) is 0 Å². The zero-order valence-electron chi connectivity index (χ0n) is 8.20. The molecule has 0 bridgehead atoms. The Labute approximate surface area is 78.3 Å². The molecule has 1 atom stereocenters. The van der Waals surface area contributed by atoms with Gasteiger partial charge in [0, 0.05) is 20.8 Å². The van der Waals surface area contributed by atoms with Crippen LogP contribution in [-0.4, -0.2) is 35.4 Å². The molecule has 2 N–H and O–H groups in total. The Balaban J connectivity index is 4.01. The maximum absolute atomic E-state index is 10.3. The minimum atomic E-state index is -2.66. The predicted octanol–water partition coefficient (Wildman–Crippen LogP) is 0.306. The van der Waals surface area contributed by atoms with Gasteiger partial charge in [0.2, 0.25) is 0 Å². The molecule has 0 fully saturated rings. The van der Waals surface area contributed by atoms with E-state index in [0.29, 0.717) is 0 Å². The number of primary amides is 1. The third kappa shape index (κ3) is 4.83. The van der Waals surface area contributed by atoms with Gasteiger partial charge in [-0.25, -0.2) is 4.79 Å². The van der Waals surface area contributed by atoms with Crippen molar-refractivity contribution in [3.8, 4) is 0 Å². The fourth-order valence-electron chi connectivity index (χ4n) is 0.669. The number of amides is 1. The van der Waals surface area contributed by atoms with E-state index in [2.05, 4.69) is 4.74 Å². The van der Waals surface area contributed by atoms with Crippen LogP contribution < -0.4 is 5.73 Å². The summed E-state index contributed by atoms with van der Waals surface area (Å²) in [5.74, 6) is 0. The Morgan fingerprint density at radius 3 is 2.15 bits per heavy atom. The molecule has 0 aliphatic rings. The van der Waals surface area contributed by atoms with E-state index in [1.165, 1.54) is 21.1 Å². The van der Waals surface area contributed by atoms with E-state index < -0.39 is 21.2 Å². The van der Waals surface area contributed by atoms with E-state index in [1.54, 1.807) is 6.55 Å². The Morgan fingerprint density at radius 2 is 1.85 bits per heavy atom. The molecule has 0 aromatic rings. The van der Waals surface area contributed by atoms with Crippen LogP contribution in [0, 0.1) is 0 Å². The second-order valence-corrected chi connectivity index (χ2v) is 5.17. The van der Waals surface area contributed by atoms with Crippen LogP contribution in [0.1, 0.15) is 6.92 Å². The van der Waals surface area contributed by atoms with Gasteiger partial charge in [-0.3, -0.25) is 0 Å². The molecule has 78 valence electrons. The molecule has 0 rings (SSSR count). The fourth-order valence-corrected chi connectivity index (χ4v) is 1.68. The van der Waals surface area contributed by atoms with E-state index >= 15 is 0 Å². The lowest BCUT2D eigenvalue weighted by Crippen LogP contribution is -2.44. The van der Waals surface area contributed by atoms with E-state index in [1.807, 2.05) is 0 Å². The van der Waals surface area contributed by atoms with E-state index in [0.717, 1.165) is 0 Å². The molecule has 0 aromatic carbocycles. The number of rotatable bonds is 5. The third-order valence-electron chi connectivity index (χ3n) is 1.40. The van der Waals surface area contributed by atoms with Crippen LogP contribution in [0.25, 0.3) is 0 Å². The van der Waals surface area contributed by atoms with Crippen molar-refractivity contribution in [1.29, 1.82) is 0 Å². The number of hydrogen-bond donors (Lipinski definition) is 1. The van der Waals surface area contributed by atoms with Crippen molar-refractivity contribution in [2.24, 2.45) is 5.73 Å². The van der Waals surface area contributed by atoms with Crippen LogP contribution in [-0.2, 0) is 18.0 Å². The van der Waals surface area contributed by atoms with Crippen molar-refractivity contribution in [3.05, 3.63) is 0 Å². The quantitative estimate of drug-likeness (QED) is 0.520. The van der Waals surface area contributed by atoms with E-state index in [-0.39, 0.29) is 0 Å². The normalized spacial score (nSPS) is 13.8. The molecule has 0 saturated carbocycles. The summed E-state index contributed by atoms with van der Waals surface area (Å²) in [7, 11) is 0.270. The van der Waals surface area contributed by atoms with Crippen LogP contribution >= 0.6 is 0 Å². The monoisotopic (exact) mass is 209 g/mol. The molecule has 1 unspecified atom stereocenters. The van der Waals surface area contributed by atoms with Gasteiger partial charge < -0.3 is 23.7 Å². The highest BCUT2D eigenvalue weighted by Crippen LogP contribution is 2.10. The zero-order chi connectivity index (χ0) is 10.5. The number of carbonyl (C=O) groups is 1. The Morgan fingerprint density at radius 1 is 1.38 bits per heavy atom. The van der Waals surface area contributed by atoms with Gasteiger partial charge >= 0.3 is 14.9 Å². The van der Waals surface area contributed by atoms with Gasteiger partial charge in [0.05, 0.1) is 0 Å². The summed E-state index contributed by atoms with van der Waals surface area (Å²) in [6, 6.07) is 0. The van der Waals surface area contributed by atoms with Crippen LogP contribution in [0.2, 0.25) is 6.55 Å². The summed E-state index contributed by atoms with van der Waals surface area (Å²) in [6.07, 6.45) is -1.66. The predicted molar refractivity (Wildman–Crippen MR) is 46.9 cm³/mol. The van der Waals surface area contributed by atoms with Crippen LogP contribution in [0.4, 0.5) is 4.79 Å². The molecule has 7 heteroatoms. The Kier molecular flexibility index (Phi) is 4.92. The average Bonchev–Trinajstić information content (AvgIpc) is 2.02. The highest BCUT2D eigenvalue weighted by atomic mass is 28.4. The molecule has 0 aliphatic heterocycles. The molecule has 1 amide bonds. The first-order valence-electron chi connectivity index (χ1n) is 3.67. The van der Waals surface area contributed by atoms with E-state index in [4.69, 9.17) is 19.0 Å². The van der Waals surface area contributed by atoms with Crippen LogP contribution in [0.15, 0.2) is 0 Å². The second kappa shape index (κ2) is 5.17. The fraction of sp³-hybridized carbons (Fsp3) is 0.833. The van der Waals surface area contributed by atoms with Gasteiger partial charge in [-0.15, -0.1) is 0 Å². The molecule has 6 nitrogen and oxygen atoms in total. The first kappa shape index (κ1) is 12.4. The first-order valence-corrected chi connectivity index (χ1v) is 5.90. The molecular weight excluding hydrogens is 194 g/mol. The number of nitrogens with two attached hydrogens (primary N) is 1. The zero-order valence-corrected chi connectivity index (χ0v) is 9.20. The second-order valence-electron chi connectivity index (χ2n) is 2.39. The molecule has 0 radical (unpaired) electrons. The number of hydrogen-bond acceptors (Lipinski definition) is 5. The minimum absolute atomic E-state index is 0.769. The lowest BCUT2D eigenvalue weighted by molar-refractivity contribution is -0.0593. The number of carbonyl (C=O) groups excluding carboxylic acids is 1. The molecule has 0 spiro atoms. The average molecular weight is 209 g/mol. The van der Waals surface area contributed by atoms with Gasteiger partial charge in [-0.2, -0.15) is 0 Å². The summed E-state index contributed by atoms with van der Waals surface area (Å²) in [4.78, 5) is 10.3. The molecule has 0 saturated heterocycles. The summed E-state index contributed by atoms with van der Waals surface area (Å²) < 4.78 is 19.8. The van der Waals surface area contributed by atoms with Crippen molar-refractivity contribution in [2.75, 3.05) is 14.2 Å². The van der Waals surface area contributed by atoms with Crippen molar-refractivity contribution < 1.29 is 22.8 Å². The molecule has 13 heavy (non-hydrogen) atoms. The lowest BCUT2D eigenvalue weighted by Gasteiger charge is -2.25. The smallest absolute Gasteiger partial charge is 0.421 e. The number of ether oxygens (including phenoxy) is 1. The highest BCUT2D eigenvalue weighted by molar-refractivity contribution is 6.59. The van der Waals surface area contributed by atoms with Gasteiger partial charge in [-0.1, -0.05) is 0 Å². The SMILES string of the molecule is CO[Si](C)(OC)OC(C)OC(N)=O. The standard InChI is InChI=1S/C6H15NO5Si/c1-5(11-6(7)8)12-13(4,9-2)10-3/h5H,1-4H3,(H2,7,8). The van der Waals surface area contributed by atoms with Crippen molar-refractivity contribution in [2.45, 2.75) is 19.8 Å². The van der Waals surface area contributed by atoms with E-state index in [9.17, 15) is 4.79 Å². The molecular formula is C6H15NO5Si. The van der Waals surface area contributed by atoms with Crippen molar-refractivity contribution >= 4 is 14.9 Å². The molecule has 0 aliphatic carbocycles. The Hall–Kier alpha value is -0.633. The summed E-state index contributed by atoms with van der Waals surface area (Å²) >= 11 is 0. The maximum Gasteiger partial charge on any atom is 0.499 e. The lowest BCUT2D eigenvalue weighted by atomic mass is 10.8. The van der Waals surface area contributed by atoms with Crippen LogP contribution in [0.3, 0.4) is 0 Å². The summed E-state index contributed by atoms with van der Waals surface area (Å²) in [5, 5.41) is 0. The van der Waals surface area contributed by atoms with Crippen molar-refractivity contribution in [3.63, 3.8) is 0 Å². The molecule has 0 aromatic heterocycles. The van der Waals surface area contributed by atoms with Gasteiger partial charge in [0.15, 0.2) is 6.29 Å². The highest BCUT2D eigenvalue weighted by Gasteiger charge is 2.35. The van der Waals surface area contributed by atoms with Gasteiger partial charge in [0.25, 0.3) is 0 Å². The summed E-state index contributed by atoms with van der Waals surface area (Å²) in [6.45, 7) is 3.21. The Bertz CT molecular complexity index is 172. The summed E-state index contributed by atoms with van der Waals surface area (Å²) in [5.41, 5.74) is 4.79.